The number of nitrogens with zero attached hydrogens (tertiary/aromatic N) is 1. The topological polar surface area (TPSA) is 15.3 Å². The van der Waals surface area contributed by atoms with Gasteiger partial charge in [0.15, 0.2) is 0 Å². The molecule has 17 heavy (non-hydrogen) atoms. The van der Waals surface area contributed by atoms with E-state index in [1.165, 1.54) is 6.07 Å². The first-order valence-electron chi connectivity index (χ1n) is 6.29. The third-order valence-corrected chi connectivity index (χ3v) is 3.12. The molecule has 0 radical (unpaired) electrons. The standard InChI is InChI=1S/C14H23FN2/c1-4-16-10-9-12(2)17(3)11-13-7-5-6-8-14(13)15/h5-8,12,16H,4,9-11H2,1-3H3. The van der Waals surface area contributed by atoms with Crippen LogP contribution in [0.4, 0.5) is 4.39 Å². The normalized spacial score (nSPS) is 13.0. The fourth-order valence-corrected chi connectivity index (χ4v) is 1.76. The van der Waals surface area contributed by atoms with Gasteiger partial charge < -0.3 is 5.32 Å². The van der Waals surface area contributed by atoms with Crippen molar-refractivity contribution in [2.45, 2.75) is 32.9 Å². The van der Waals surface area contributed by atoms with Crippen LogP contribution in [0.15, 0.2) is 24.3 Å². The van der Waals surface area contributed by atoms with Crippen molar-refractivity contribution in [2.24, 2.45) is 0 Å². The van der Waals surface area contributed by atoms with Crippen LogP contribution in [0.1, 0.15) is 25.8 Å². The molecule has 0 bridgehead atoms. The maximum absolute atomic E-state index is 13.5. The maximum Gasteiger partial charge on any atom is 0.127 e. The second kappa shape index (κ2) is 7.41. The Labute approximate surface area is 104 Å². The molecular weight excluding hydrogens is 215 g/mol. The van der Waals surface area contributed by atoms with Crippen LogP contribution in [0.3, 0.4) is 0 Å². The lowest BCUT2D eigenvalue weighted by Gasteiger charge is -2.25. The third kappa shape index (κ3) is 4.84. The number of nitrogens with one attached hydrogen (secondary N) is 1. The van der Waals surface area contributed by atoms with Gasteiger partial charge in [-0.2, -0.15) is 0 Å². The zero-order valence-electron chi connectivity index (χ0n) is 11.0. The van der Waals surface area contributed by atoms with E-state index in [1.54, 1.807) is 6.07 Å². The SMILES string of the molecule is CCNCCC(C)N(C)Cc1ccccc1F. The van der Waals surface area contributed by atoms with E-state index in [4.69, 9.17) is 0 Å². The van der Waals surface area contributed by atoms with E-state index in [9.17, 15) is 4.39 Å². The molecule has 0 saturated carbocycles. The first-order valence-corrected chi connectivity index (χ1v) is 6.29. The van der Waals surface area contributed by atoms with Crippen molar-refractivity contribution < 1.29 is 4.39 Å². The summed E-state index contributed by atoms with van der Waals surface area (Å²) in [7, 11) is 2.04. The van der Waals surface area contributed by atoms with Crippen LogP contribution >= 0.6 is 0 Å². The molecule has 1 aromatic rings. The van der Waals surface area contributed by atoms with Crippen molar-refractivity contribution in [1.82, 2.24) is 10.2 Å². The van der Waals surface area contributed by atoms with Gasteiger partial charge >= 0.3 is 0 Å². The zero-order chi connectivity index (χ0) is 12.7. The molecule has 0 saturated heterocycles. The molecule has 1 unspecified atom stereocenters. The third-order valence-electron chi connectivity index (χ3n) is 3.12. The molecule has 0 aliphatic heterocycles. The number of halogens is 1. The van der Waals surface area contributed by atoms with Gasteiger partial charge in [0.1, 0.15) is 5.82 Å². The number of benzene rings is 1. The highest BCUT2D eigenvalue weighted by Gasteiger charge is 2.11. The highest BCUT2D eigenvalue weighted by molar-refractivity contribution is 5.17. The Hall–Kier alpha value is -0.930. The van der Waals surface area contributed by atoms with Gasteiger partial charge in [-0.25, -0.2) is 4.39 Å². The average Bonchev–Trinajstić information content (AvgIpc) is 2.32. The highest BCUT2D eigenvalue weighted by Crippen LogP contribution is 2.11. The zero-order valence-corrected chi connectivity index (χ0v) is 11.0. The Balaban J connectivity index is 2.43. The van der Waals surface area contributed by atoms with E-state index in [2.05, 4.69) is 24.1 Å². The minimum absolute atomic E-state index is 0.113. The van der Waals surface area contributed by atoms with Gasteiger partial charge in [0.25, 0.3) is 0 Å². The summed E-state index contributed by atoms with van der Waals surface area (Å²) in [6.45, 7) is 6.97. The lowest BCUT2D eigenvalue weighted by Crippen LogP contribution is -2.32. The van der Waals surface area contributed by atoms with Crippen molar-refractivity contribution in [2.75, 3.05) is 20.1 Å². The molecule has 0 fully saturated rings. The largest absolute Gasteiger partial charge is 0.317 e. The molecule has 0 amide bonds. The van der Waals surface area contributed by atoms with E-state index < -0.39 is 0 Å². The van der Waals surface area contributed by atoms with E-state index >= 15 is 0 Å². The molecule has 1 aromatic carbocycles. The number of hydrogen-bond donors (Lipinski definition) is 1. The molecule has 1 atom stereocenters. The summed E-state index contributed by atoms with van der Waals surface area (Å²) in [4.78, 5) is 2.19. The van der Waals surface area contributed by atoms with E-state index in [0.29, 0.717) is 12.6 Å². The fourth-order valence-electron chi connectivity index (χ4n) is 1.76. The van der Waals surface area contributed by atoms with Crippen LogP contribution in [-0.4, -0.2) is 31.1 Å². The summed E-state index contributed by atoms with van der Waals surface area (Å²) < 4.78 is 13.5. The Kier molecular flexibility index (Phi) is 6.16. The van der Waals surface area contributed by atoms with Crippen molar-refractivity contribution in [3.8, 4) is 0 Å². The van der Waals surface area contributed by atoms with Gasteiger partial charge in [-0.15, -0.1) is 0 Å². The summed E-state index contributed by atoms with van der Waals surface area (Å²) in [5.74, 6) is -0.113. The molecule has 0 heterocycles. The van der Waals surface area contributed by atoms with Crippen molar-refractivity contribution in [1.29, 1.82) is 0 Å². The summed E-state index contributed by atoms with van der Waals surface area (Å²) in [5, 5.41) is 3.31. The predicted octanol–water partition coefficient (Wildman–Crippen LogP) is 2.65. The average molecular weight is 238 g/mol. The van der Waals surface area contributed by atoms with Crippen LogP contribution in [-0.2, 0) is 6.54 Å². The van der Waals surface area contributed by atoms with Crippen molar-refractivity contribution >= 4 is 0 Å². The molecule has 0 aliphatic rings. The Morgan fingerprint density at radius 1 is 1.35 bits per heavy atom. The molecule has 96 valence electrons. The van der Waals surface area contributed by atoms with Gasteiger partial charge in [-0.1, -0.05) is 25.1 Å². The van der Waals surface area contributed by atoms with Gasteiger partial charge in [0.2, 0.25) is 0 Å². The predicted molar refractivity (Wildman–Crippen MR) is 70.5 cm³/mol. The molecule has 1 rings (SSSR count). The monoisotopic (exact) mass is 238 g/mol. The van der Waals surface area contributed by atoms with Gasteiger partial charge in [0.05, 0.1) is 0 Å². The number of hydrogen-bond acceptors (Lipinski definition) is 2. The van der Waals surface area contributed by atoms with Crippen LogP contribution < -0.4 is 5.32 Å². The summed E-state index contributed by atoms with van der Waals surface area (Å²) in [6, 6.07) is 7.44. The Bertz CT molecular complexity index is 328. The lowest BCUT2D eigenvalue weighted by atomic mass is 10.1. The first kappa shape index (κ1) is 14.1. The second-order valence-electron chi connectivity index (χ2n) is 4.50. The summed E-state index contributed by atoms with van der Waals surface area (Å²) >= 11 is 0. The minimum atomic E-state index is -0.113. The number of rotatable bonds is 7. The molecular formula is C14H23FN2. The van der Waals surface area contributed by atoms with E-state index in [-0.39, 0.29) is 5.82 Å². The Morgan fingerprint density at radius 2 is 2.06 bits per heavy atom. The quantitative estimate of drug-likeness (QED) is 0.735. The molecule has 0 aliphatic carbocycles. The van der Waals surface area contributed by atoms with Crippen molar-refractivity contribution in [3.63, 3.8) is 0 Å². The smallest absolute Gasteiger partial charge is 0.127 e. The van der Waals surface area contributed by atoms with Gasteiger partial charge in [-0.05, 0) is 39.5 Å². The molecule has 1 N–H and O–H groups in total. The van der Waals surface area contributed by atoms with Crippen LogP contribution in [0.25, 0.3) is 0 Å². The van der Waals surface area contributed by atoms with Crippen LogP contribution in [0.2, 0.25) is 0 Å². The minimum Gasteiger partial charge on any atom is -0.317 e. The molecule has 3 heteroatoms. The first-order chi connectivity index (χ1) is 8.15. The highest BCUT2D eigenvalue weighted by atomic mass is 19.1. The fraction of sp³-hybridized carbons (Fsp3) is 0.571. The Morgan fingerprint density at radius 3 is 2.71 bits per heavy atom. The summed E-state index contributed by atoms with van der Waals surface area (Å²) in [6.07, 6.45) is 1.08. The van der Waals surface area contributed by atoms with E-state index in [0.717, 1.165) is 25.1 Å². The van der Waals surface area contributed by atoms with Crippen LogP contribution in [0, 0.1) is 5.82 Å². The molecule has 0 aromatic heterocycles. The van der Waals surface area contributed by atoms with E-state index in [1.807, 2.05) is 19.2 Å². The maximum atomic E-state index is 13.5. The van der Waals surface area contributed by atoms with Gasteiger partial charge in [0, 0.05) is 18.2 Å². The second-order valence-corrected chi connectivity index (χ2v) is 4.50. The lowest BCUT2D eigenvalue weighted by molar-refractivity contribution is 0.234. The molecule has 0 spiro atoms. The molecule has 2 nitrogen and oxygen atoms in total. The van der Waals surface area contributed by atoms with Crippen molar-refractivity contribution in [3.05, 3.63) is 35.6 Å². The summed E-state index contributed by atoms with van der Waals surface area (Å²) in [5.41, 5.74) is 0.769. The van der Waals surface area contributed by atoms with Gasteiger partial charge in [-0.3, -0.25) is 4.90 Å². The van der Waals surface area contributed by atoms with Crippen LogP contribution in [0.5, 0.6) is 0 Å².